The SMILES string of the molecule is Cc1ccc(OCC(=O)Nc2nc(-c3ccccc3)c(C)s2)c(Br)c1. The molecule has 128 valence electrons. The van der Waals surface area contributed by atoms with Gasteiger partial charge in [-0.25, -0.2) is 4.98 Å². The van der Waals surface area contributed by atoms with Gasteiger partial charge < -0.3 is 4.74 Å². The summed E-state index contributed by atoms with van der Waals surface area (Å²) in [4.78, 5) is 17.7. The van der Waals surface area contributed by atoms with Crippen LogP contribution in [-0.4, -0.2) is 17.5 Å². The monoisotopic (exact) mass is 416 g/mol. The van der Waals surface area contributed by atoms with Crippen LogP contribution >= 0.6 is 27.3 Å². The van der Waals surface area contributed by atoms with Gasteiger partial charge in [0.2, 0.25) is 0 Å². The van der Waals surface area contributed by atoms with Gasteiger partial charge in [0, 0.05) is 10.4 Å². The Kier molecular flexibility index (Phi) is 5.50. The molecular formula is C19H17BrN2O2S. The second-order valence-corrected chi connectivity index (χ2v) is 7.62. The Hall–Kier alpha value is -2.18. The first kappa shape index (κ1) is 17.6. The van der Waals surface area contributed by atoms with Crippen molar-refractivity contribution >= 4 is 38.3 Å². The van der Waals surface area contributed by atoms with E-state index in [9.17, 15) is 4.79 Å². The van der Waals surface area contributed by atoms with E-state index < -0.39 is 0 Å². The lowest BCUT2D eigenvalue weighted by Gasteiger charge is -2.08. The third kappa shape index (κ3) is 4.46. The number of nitrogens with zero attached hydrogens (tertiary/aromatic N) is 1. The predicted molar refractivity (Wildman–Crippen MR) is 105 cm³/mol. The number of nitrogens with one attached hydrogen (secondary N) is 1. The highest BCUT2D eigenvalue weighted by atomic mass is 79.9. The number of ether oxygens (including phenoxy) is 1. The molecule has 1 amide bonds. The summed E-state index contributed by atoms with van der Waals surface area (Å²) in [5.74, 6) is 0.405. The van der Waals surface area contributed by atoms with Crippen molar-refractivity contribution in [3.63, 3.8) is 0 Å². The number of aromatic nitrogens is 1. The summed E-state index contributed by atoms with van der Waals surface area (Å²) in [7, 11) is 0. The van der Waals surface area contributed by atoms with Gasteiger partial charge in [0.15, 0.2) is 11.7 Å². The number of carbonyl (C=O) groups is 1. The molecule has 0 unspecified atom stereocenters. The molecule has 0 radical (unpaired) electrons. The van der Waals surface area contributed by atoms with Gasteiger partial charge in [0.1, 0.15) is 5.75 Å². The van der Waals surface area contributed by atoms with Crippen LogP contribution in [0.15, 0.2) is 53.0 Å². The van der Waals surface area contributed by atoms with E-state index in [1.165, 1.54) is 11.3 Å². The molecule has 4 nitrogen and oxygen atoms in total. The molecule has 0 aliphatic carbocycles. The Bertz CT molecular complexity index is 894. The molecule has 0 atom stereocenters. The first-order chi connectivity index (χ1) is 12.0. The number of hydrogen-bond donors (Lipinski definition) is 1. The van der Waals surface area contributed by atoms with Crippen molar-refractivity contribution in [3.8, 4) is 17.0 Å². The first-order valence-corrected chi connectivity index (χ1v) is 9.35. The van der Waals surface area contributed by atoms with Gasteiger partial charge in [-0.3, -0.25) is 10.1 Å². The summed E-state index contributed by atoms with van der Waals surface area (Å²) in [6, 6.07) is 15.6. The maximum absolute atomic E-state index is 12.1. The van der Waals surface area contributed by atoms with E-state index in [0.717, 1.165) is 26.2 Å². The largest absolute Gasteiger partial charge is 0.483 e. The van der Waals surface area contributed by atoms with E-state index in [2.05, 4.69) is 26.2 Å². The minimum atomic E-state index is -0.235. The third-order valence-electron chi connectivity index (χ3n) is 3.54. The van der Waals surface area contributed by atoms with E-state index in [1.807, 2.05) is 62.4 Å². The van der Waals surface area contributed by atoms with Gasteiger partial charge >= 0.3 is 0 Å². The Morgan fingerprint density at radius 3 is 2.68 bits per heavy atom. The zero-order valence-electron chi connectivity index (χ0n) is 13.9. The molecule has 0 saturated heterocycles. The second kappa shape index (κ2) is 7.80. The minimum absolute atomic E-state index is 0.0685. The standard InChI is InChI=1S/C19H17BrN2O2S/c1-12-8-9-16(15(20)10-12)24-11-17(23)21-19-22-18(13(2)25-19)14-6-4-3-5-7-14/h3-10H,11H2,1-2H3,(H,21,22,23). The van der Waals surface area contributed by atoms with Crippen molar-refractivity contribution in [2.75, 3.05) is 11.9 Å². The average Bonchev–Trinajstić information content (AvgIpc) is 2.95. The highest BCUT2D eigenvalue weighted by Gasteiger charge is 2.12. The van der Waals surface area contributed by atoms with Crippen molar-refractivity contribution in [1.29, 1.82) is 0 Å². The summed E-state index contributed by atoms with van der Waals surface area (Å²) in [5.41, 5.74) is 3.05. The van der Waals surface area contributed by atoms with Crippen molar-refractivity contribution in [2.45, 2.75) is 13.8 Å². The van der Waals surface area contributed by atoms with E-state index in [-0.39, 0.29) is 12.5 Å². The van der Waals surface area contributed by atoms with Crippen LogP contribution in [0.5, 0.6) is 5.75 Å². The van der Waals surface area contributed by atoms with E-state index in [4.69, 9.17) is 4.74 Å². The van der Waals surface area contributed by atoms with Crippen LogP contribution in [0.25, 0.3) is 11.3 Å². The van der Waals surface area contributed by atoms with Crippen molar-refractivity contribution in [1.82, 2.24) is 4.98 Å². The van der Waals surface area contributed by atoms with E-state index in [1.54, 1.807) is 0 Å². The molecule has 0 saturated carbocycles. The number of carbonyl (C=O) groups excluding carboxylic acids is 1. The Morgan fingerprint density at radius 1 is 1.20 bits per heavy atom. The molecule has 25 heavy (non-hydrogen) atoms. The molecule has 0 fully saturated rings. The minimum Gasteiger partial charge on any atom is -0.483 e. The number of hydrogen-bond acceptors (Lipinski definition) is 4. The number of amides is 1. The highest BCUT2D eigenvalue weighted by molar-refractivity contribution is 9.10. The summed E-state index contributed by atoms with van der Waals surface area (Å²) < 4.78 is 6.40. The van der Waals surface area contributed by atoms with Gasteiger partial charge in [-0.1, -0.05) is 36.4 Å². The third-order valence-corrected chi connectivity index (χ3v) is 5.04. The van der Waals surface area contributed by atoms with Gasteiger partial charge in [-0.2, -0.15) is 0 Å². The maximum Gasteiger partial charge on any atom is 0.264 e. The van der Waals surface area contributed by atoms with Crippen molar-refractivity contribution in [3.05, 3.63) is 63.4 Å². The molecule has 3 rings (SSSR count). The Balaban J connectivity index is 1.63. The number of benzene rings is 2. The van der Waals surface area contributed by atoms with Crippen LogP contribution < -0.4 is 10.1 Å². The van der Waals surface area contributed by atoms with Crippen LogP contribution in [0.3, 0.4) is 0 Å². The van der Waals surface area contributed by atoms with Crippen LogP contribution in [-0.2, 0) is 4.79 Å². The molecule has 2 aromatic carbocycles. The van der Waals surface area contributed by atoms with E-state index in [0.29, 0.717) is 10.9 Å². The molecule has 1 N–H and O–H groups in total. The van der Waals surface area contributed by atoms with E-state index >= 15 is 0 Å². The number of anilines is 1. The average molecular weight is 417 g/mol. The number of rotatable bonds is 5. The predicted octanol–water partition coefficient (Wildman–Crippen LogP) is 5.21. The normalized spacial score (nSPS) is 10.5. The fourth-order valence-corrected chi connectivity index (χ4v) is 3.80. The summed E-state index contributed by atoms with van der Waals surface area (Å²) in [6.45, 7) is 3.92. The molecule has 0 aliphatic heterocycles. The Morgan fingerprint density at radius 2 is 1.96 bits per heavy atom. The van der Waals surface area contributed by atoms with Crippen molar-refractivity contribution in [2.24, 2.45) is 0 Å². The lowest BCUT2D eigenvalue weighted by atomic mass is 10.1. The topological polar surface area (TPSA) is 51.2 Å². The fraction of sp³-hybridized carbons (Fsp3) is 0.158. The van der Waals surface area contributed by atoms with Crippen LogP contribution in [0, 0.1) is 13.8 Å². The summed E-state index contributed by atoms with van der Waals surface area (Å²) in [5, 5.41) is 3.38. The van der Waals surface area contributed by atoms with Gasteiger partial charge in [-0.05, 0) is 47.5 Å². The smallest absolute Gasteiger partial charge is 0.264 e. The van der Waals surface area contributed by atoms with Crippen LogP contribution in [0.1, 0.15) is 10.4 Å². The van der Waals surface area contributed by atoms with Gasteiger partial charge in [-0.15, -0.1) is 11.3 Å². The van der Waals surface area contributed by atoms with Crippen LogP contribution in [0.2, 0.25) is 0 Å². The molecule has 0 bridgehead atoms. The highest BCUT2D eigenvalue weighted by Crippen LogP contribution is 2.30. The zero-order chi connectivity index (χ0) is 17.8. The molecule has 0 aliphatic rings. The first-order valence-electron chi connectivity index (χ1n) is 7.74. The van der Waals surface area contributed by atoms with Crippen LogP contribution in [0.4, 0.5) is 5.13 Å². The quantitative estimate of drug-likeness (QED) is 0.620. The molecule has 3 aromatic rings. The number of thiazole rings is 1. The molecule has 1 aromatic heterocycles. The second-order valence-electron chi connectivity index (χ2n) is 5.56. The molecule has 0 spiro atoms. The zero-order valence-corrected chi connectivity index (χ0v) is 16.3. The van der Waals surface area contributed by atoms with Gasteiger partial charge in [0.25, 0.3) is 5.91 Å². The maximum atomic E-state index is 12.1. The van der Waals surface area contributed by atoms with Crippen molar-refractivity contribution < 1.29 is 9.53 Å². The summed E-state index contributed by atoms with van der Waals surface area (Å²) in [6.07, 6.45) is 0. The lowest BCUT2D eigenvalue weighted by molar-refractivity contribution is -0.118. The molecule has 1 heterocycles. The number of halogens is 1. The lowest BCUT2D eigenvalue weighted by Crippen LogP contribution is -2.20. The molecular weight excluding hydrogens is 400 g/mol. The molecule has 6 heteroatoms. The Labute approximate surface area is 159 Å². The fourth-order valence-electron chi connectivity index (χ4n) is 2.34. The number of aryl methyl sites for hydroxylation is 2. The summed E-state index contributed by atoms with van der Waals surface area (Å²) >= 11 is 4.89. The van der Waals surface area contributed by atoms with Gasteiger partial charge in [0.05, 0.1) is 10.2 Å².